The van der Waals surface area contributed by atoms with Crippen LogP contribution in [0.5, 0.6) is 0 Å². The van der Waals surface area contributed by atoms with E-state index in [1.807, 2.05) is 23.7 Å². The molecule has 7 heteroatoms. The van der Waals surface area contributed by atoms with Gasteiger partial charge in [0.25, 0.3) is 0 Å². The van der Waals surface area contributed by atoms with Gasteiger partial charge in [0.1, 0.15) is 0 Å². The van der Waals surface area contributed by atoms with E-state index in [0.717, 1.165) is 11.4 Å². The van der Waals surface area contributed by atoms with Crippen LogP contribution < -0.4 is 0 Å². The number of rotatable bonds is 5. The van der Waals surface area contributed by atoms with E-state index in [1.165, 1.54) is 11.8 Å². The highest BCUT2D eigenvalue weighted by molar-refractivity contribution is 7.99. The number of hydrogen-bond donors (Lipinski definition) is 0. The molecule has 0 unspecified atom stereocenters. The molecule has 3 aromatic rings. The van der Waals surface area contributed by atoms with E-state index >= 15 is 0 Å². The largest absolute Gasteiger partial charge is 0.305 e. The summed E-state index contributed by atoms with van der Waals surface area (Å²) in [6.07, 6.45) is 3.44. The molecule has 0 radical (unpaired) electrons. The Morgan fingerprint density at radius 2 is 2.00 bits per heavy atom. The van der Waals surface area contributed by atoms with Crippen LogP contribution in [0.2, 0.25) is 5.02 Å². The lowest BCUT2D eigenvalue weighted by atomic mass is 10.1. The van der Waals surface area contributed by atoms with Gasteiger partial charge in [-0.1, -0.05) is 23.4 Å². The fourth-order valence-electron chi connectivity index (χ4n) is 2.04. The Morgan fingerprint density at radius 1 is 1.22 bits per heavy atom. The van der Waals surface area contributed by atoms with Gasteiger partial charge < -0.3 is 4.57 Å². The van der Waals surface area contributed by atoms with Crippen LogP contribution in [-0.2, 0) is 7.05 Å². The third-order valence-electron chi connectivity index (χ3n) is 3.25. The molecular weight excluding hydrogens is 332 g/mol. The van der Waals surface area contributed by atoms with Crippen LogP contribution in [-0.4, -0.2) is 31.3 Å². The molecule has 2 aromatic heterocycles. The van der Waals surface area contributed by atoms with Crippen LogP contribution in [0.15, 0.2) is 53.9 Å². The van der Waals surface area contributed by atoms with Crippen LogP contribution in [0.25, 0.3) is 11.4 Å². The van der Waals surface area contributed by atoms with Crippen LogP contribution >= 0.6 is 23.4 Å². The summed E-state index contributed by atoms with van der Waals surface area (Å²) in [5.74, 6) is 1.04. The van der Waals surface area contributed by atoms with E-state index in [2.05, 4.69) is 15.2 Å². The van der Waals surface area contributed by atoms with Crippen molar-refractivity contribution in [1.29, 1.82) is 0 Å². The summed E-state index contributed by atoms with van der Waals surface area (Å²) < 4.78 is 1.86. The predicted molar refractivity (Wildman–Crippen MR) is 90.7 cm³/mol. The minimum atomic E-state index is 0.0256. The quantitative estimate of drug-likeness (QED) is 0.523. The monoisotopic (exact) mass is 344 g/mol. The Morgan fingerprint density at radius 3 is 2.70 bits per heavy atom. The number of carbonyl (C=O) groups excluding carboxylic acids is 1. The zero-order chi connectivity index (χ0) is 16.2. The lowest BCUT2D eigenvalue weighted by molar-refractivity contribution is 0.102. The van der Waals surface area contributed by atoms with Gasteiger partial charge in [-0.05, 0) is 36.4 Å². The van der Waals surface area contributed by atoms with E-state index in [-0.39, 0.29) is 5.78 Å². The smallest absolute Gasteiger partial charge is 0.191 e. The summed E-state index contributed by atoms with van der Waals surface area (Å²) in [6.45, 7) is 0. The van der Waals surface area contributed by atoms with Crippen molar-refractivity contribution in [3.05, 3.63) is 59.4 Å². The van der Waals surface area contributed by atoms with Gasteiger partial charge in [-0.15, -0.1) is 10.2 Å². The fraction of sp³-hybridized carbons (Fsp3) is 0.125. The molecule has 5 nitrogen and oxygen atoms in total. The van der Waals surface area contributed by atoms with Gasteiger partial charge in [0.15, 0.2) is 16.8 Å². The second kappa shape index (κ2) is 6.93. The molecule has 0 aliphatic carbocycles. The number of Topliss-reactive ketones (excluding diaryl/α,β-unsaturated/α-hetero) is 1. The van der Waals surface area contributed by atoms with Gasteiger partial charge in [-0.2, -0.15) is 0 Å². The number of pyridine rings is 1. The normalized spacial score (nSPS) is 10.7. The van der Waals surface area contributed by atoms with E-state index in [0.29, 0.717) is 21.5 Å². The molecule has 1 aromatic carbocycles. The second-order valence-corrected chi connectivity index (χ2v) is 6.20. The number of hydrogen-bond acceptors (Lipinski definition) is 5. The second-order valence-electron chi connectivity index (χ2n) is 4.83. The highest BCUT2D eigenvalue weighted by Crippen LogP contribution is 2.22. The van der Waals surface area contributed by atoms with Gasteiger partial charge in [-0.25, -0.2) is 0 Å². The van der Waals surface area contributed by atoms with Crippen molar-refractivity contribution in [2.24, 2.45) is 7.05 Å². The maximum Gasteiger partial charge on any atom is 0.191 e. The van der Waals surface area contributed by atoms with E-state index in [1.54, 1.807) is 36.7 Å². The maximum absolute atomic E-state index is 12.2. The number of benzene rings is 1. The summed E-state index contributed by atoms with van der Waals surface area (Å²) in [4.78, 5) is 16.3. The molecule has 0 saturated carbocycles. The molecule has 0 atom stereocenters. The third kappa shape index (κ3) is 3.60. The number of aromatic nitrogens is 4. The van der Waals surface area contributed by atoms with Crippen LogP contribution in [0.3, 0.4) is 0 Å². The first-order valence-electron chi connectivity index (χ1n) is 6.86. The standard InChI is InChI=1S/C16H13ClN4OS/c1-21-15(12-3-2-8-18-9-12)19-20-16(21)23-10-14(22)11-4-6-13(17)7-5-11/h2-9H,10H2,1H3. The van der Waals surface area contributed by atoms with Gasteiger partial charge in [-0.3, -0.25) is 9.78 Å². The van der Waals surface area contributed by atoms with E-state index in [4.69, 9.17) is 11.6 Å². The number of ketones is 1. The molecule has 0 amide bonds. The molecule has 0 saturated heterocycles. The van der Waals surface area contributed by atoms with Crippen molar-refractivity contribution in [2.75, 3.05) is 5.75 Å². The number of thioether (sulfide) groups is 1. The van der Waals surface area contributed by atoms with Gasteiger partial charge in [0, 0.05) is 35.6 Å². The Kier molecular flexibility index (Phi) is 4.73. The van der Waals surface area contributed by atoms with Crippen molar-refractivity contribution >= 4 is 29.1 Å². The van der Waals surface area contributed by atoms with Crippen molar-refractivity contribution < 1.29 is 4.79 Å². The molecular formula is C16H13ClN4OS. The highest BCUT2D eigenvalue weighted by atomic mass is 35.5. The van der Waals surface area contributed by atoms with E-state index in [9.17, 15) is 4.79 Å². The van der Waals surface area contributed by atoms with Crippen LogP contribution in [0, 0.1) is 0 Å². The summed E-state index contributed by atoms with van der Waals surface area (Å²) >= 11 is 7.18. The molecule has 0 bridgehead atoms. The minimum Gasteiger partial charge on any atom is -0.305 e. The Bertz CT molecular complexity index is 818. The van der Waals surface area contributed by atoms with E-state index < -0.39 is 0 Å². The molecule has 2 heterocycles. The molecule has 116 valence electrons. The molecule has 3 rings (SSSR count). The van der Waals surface area contributed by atoms with Gasteiger partial charge in [0.2, 0.25) is 0 Å². The number of carbonyl (C=O) groups is 1. The van der Waals surface area contributed by atoms with Gasteiger partial charge >= 0.3 is 0 Å². The summed E-state index contributed by atoms with van der Waals surface area (Å²) in [5, 5.41) is 9.62. The first kappa shape index (κ1) is 15.7. The zero-order valence-electron chi connectivity index (χ0n) is 12.3. The maximum atomic E-state index is 12.2. The van der Waals surface area contributed by atoms with Crippen molar-refractivity contribution in [3.8, 4) is 11.4 Å². The molecule has 0 aliphatic heterocycles. The highest BCUT2D eigenvalue weighted by Gasteiger charge is 2.13. The topological polar surface area (TPSA) is 60.7 Å². The summed E-state index contributed by atoms with van der Waals surface area (Å²) in [5.41, 5.74) is 1.52. The molecule has 0 aliphatic rings. The molecule has 0 fully saturated rings. The SMILES string of the molecule is Cn1c(SCC(=O)c2ccc(Cl)cc2)nnc1-c1cccnc1. The van der Waals surface area contributed by atoms with Gasteiger partial charge in [0.05, 0.1) is 5.75 Å². The summed E-state index contributed by atoms with van der Waals surface area (Å²) in [7, 11) is 1.87. The molecule has 0 spiro atoms. The Balaban J connectivity index is 1.71. The first-order chi connectivity index (χ1) is 11.1. The third-order valence-corrected chi connectivity index (χ3v) is 4.53. The predicted octanol–water partition coefficient (Wildman–Crippen LogP) is 3.51. The lowest BCUT2D eigenvalue weighted by Crippen LogP contribution is -2.03. The Labute approximate surface area is 142 Å². The fourth-order valence-corrected chi connectivity index (χ4v) is 2.97. The molecule has 0 N–H and O–H groups in total. The average molecular weight is 345 g/mol. The average Bonchev–Trinajstić information content (AvgIpc) is 2.95. The summed E-state index contributed by atoms with van der Waals surface area (Å²) in [6, 6.07) is 10.6. The molecule has 23 heavy (non-hydrogen) atoms. The zero-order valence-corrected chi connectivity index (χ0v) is 13.9. The van der Waals surface area contributed by atoms with Crippen LogP contribution in [0.1, 0.15) is 10.4 Å². The number of nitrogens with zero attached hydrogens (tertiary/aromatic N) is 4. The Hall–Kier alpha value is -2.18. The lowest BCUT2D eigenvalue weighted by Gasteiger charge is -2.03. The van der Waals surface area contributed by atoms with Crippen molar-refractivity contribution in [1.82, 2.24) is 19.7 Å². The first-order valence-corrected chi connectivity index (χ1v) is 8.23. The van der Waals surface area contributed by atoms with Crippen molar-refractivity contribution in [3.63, 3.8) is 0 Å². The van der Waals surface area contributed by atoms with Crippen molar-refractivity contribution in [2.45, 2.75) is 5.16 Å². The number of halogens is 1. The van der Waals surface area contributed by atoms with Crippen LogP contribution in [0.4, 0.5) is 0 Å². The minimum absolute atomic E-state index is 0.0256.